The third-order valence-electron chi connectivity index (χ3n) is 5.98. The van der Waals surface area contributed by atoms with Crippen LogP contribution in [0.2, 0.25) is 0 Å². The molecule has 1 aliphatic rings. The minimum Gasteiger partial charge on any atom is -0.497 e. The lowest BCUT2D eigenvalue weighted by molar-refractivity contribution is -0.124. The van der Waals surface area contributed by atoms with Crippen LogP contribution in [0.5, 0.6) is 5.75 Å². The van der Waals surface area contributed by atoms with Crippen LogP contribution in [0.1, 0.15) is 12.0 Å². The van der Waals surface area contributed by atoms with Gasteiger partial charge in [-0.15, -0.1) is 0 Å². The van der Waals surface area contributed by atoms with Crippen molar-refractivity contribution in [2.24, 2.45) is 5.14 Å². The average molecular weight is 539 g/mol. The van der Waals surface area contributed by atoms with Crippen LogP contribution >= 0.6 is 12.2 Å². The van der Waals surface area contributed by atoms with Crippen molar-refractivity contribution in [1.29, 1.82) is 0 Å². The maximum atomic E-state index is 13.5. The molecule has 3 N–H and O–H groups in total. The molecule has 1 aliphatic heterocycles. The molecule has 37 heavy (non-hydrogen) atoms. The number of carbonyl (C=O) groups excluding carboxylic acids is 2. The summed E-state index contributed by atoms with van der Waals surface area (Å²) in [4.78, 5) is 29.6. The lowest BCUT2D eigenvalue weighted by Crippen LogP contribution is -2.39. The van der Waals surface area contributed by atoms with Gasteiger partial charge in [0.1, 0.15) is 11.8 Å². The number of ether oxygens (including phenoxy) is 1. The molecule has 192 valence electrons. The zero-order valence-electron chi connectivity index (χ0n) is 20.0. The number of carbonyl (C=O) groups is 2. The van der Waals surface area contributed by atoms with Crippen LogP contribution in [-0.4, -0.2) is 49.9 Å². The largest absolute Gasteiger partial charge is 0.497 e. The van der Waals surface area contributed by atoms with Crippen molar-refractivity contribution in [1.82, 2.24) is 4.90 Å². The number of nitrogens with two attached hydrogens (primary N) is 1. The minimum atomic E-state index is -3.79. The highest BCUT2D eigenvalue weighted by molar-refractivity contribution is 7.89. The Morgan fingerprint density at radius 1 is 1.03 bits per heavy atom. The highest BCUT2D eigenvalue weighted by Crippen LogP contribution is 2.28. The molecular formula is C26H26N4O5S2. The number of primary sulfonamides is 1. The van der Waals surface area contributed by atoms with E-state index in [1.807, 2.05) is 18.2 Å². The van der Waals surface area contributed by atoms with E-state index < -0.39 is 16.1 Å². The Kier molecular flexibility index (Phi) is 7.86. The number of nitrogens with zero attached hydrogens (tertiary/aromatic N) is 2. The molecule has 1 saturated heterocycles. The normalized spacial score (nSPS) is 15.7. The fraction of sp³-hybridized carbons (Fsp3) is 0.192. The molecule has 11 heteroatoms. The maximum absolute atomic E-state index is 13.5. The maximum Gasteiger partial charge on any atom is 0.256 e. The topological polar surface area (TPSA) is 122 Å². The summed E-state index contributed by atoms with van der Waals surface area (Å²) in [5, 5.41) is 8.30. The average Bonchev–Trinajstić information content (AvgIpc) is 3.11. The van der Waals surface area contributed by atoms with Gasteiger partial charge in [-0.1, -0.05) is 30.3 Å². The molecule has 3 aromatic rings. The first-order chi connectivity index (χ1) is 17.7. The van der Waals surface area contributed by atoms with Gasteiger partial charge in [-0.05, 0) is 72.7 Å². The Balaban J connectivity index is 1.53. The van der Waals surface area contributed by atoms with Gasteiger partial charge in [0.2, 0.25) is 15.9 Å². The molecular weight excluding hydrogens is 512 g/mol. The zero-order valence-corrected chi connectivity index (χ0v) is 21.7. The standard InChI is InChI=1S/C26H26N4O5S2/c1-35-21-11-9-19(10-12-21)28-24(31)17-23-25(32)30(20-5-3-2-4-6-20)26(36)29(23)16-15-18-7-13-22(14-8-18)37(27,33)34/h2-14,23H,15-17H2,1H3,(H,28,31)(H2,27,33,34)/t23-/m1/s1. The molecule has 1 fully saturated rings. The number of rotatable bonds is 9. The number of hydrogen-bond acceptors (Lipinski definition) is 6. The third kappa shape index (κ3) is 6.13. The first kappa shape index (κ1) is 26.3. The number of benzene rings is 3. The molecule has 0 radical (unpaired) electrons. The van der Waals surface area contributed by atoms with E-state index in [2.05, 4.69) is 5.32 Å². The van der Waals surface area contributed by atoms with E-state index in [9.17, 15) is 18.0 Å². The molecule has 0 saturated carbocycles. The second kappa shape index (κ2) is 11.1. The van der Waals surface area contributed by atoms with Gasteiger partial charge in [0.25, 0.3) is 5.91 Å². The highest BCUT2D eigenvalue weighted by atomic mass is 32.2. The predicted molar refractivity (Wildman–Crippen MR) is 145 cm³/mol. The number of methoxy groups -OCH3 is 1. The Hall–Kier alpha value is -3.80. The van der Waals surface area contributed by atoms with E-state index in [4.69, 9.17) is 22.1 Å². The fourth-order valence-corrected chi connectivity index (χ4v) is 4.99. The highest BCUT2D eigenvalue weighted by Gasteiger charge is 2.43. The lowest BCUT2D eigenvalue weighted by Gasteiger charge is -2.24. The van der Waals surface area contributed by atoms with Crippen molar-refractivity contribution in [2.75, 3.05) is 23.9 Å². The SMILES string of the molecule is COc1ccc(NC(=O)C[C@@H]2C(=O)N(c3ccccc3)C(=S)N2CCc2ccc(S(N)(=O)=O)cc2)cc1. The van der Waals surface area contributed by atoms with Crippen LogP contribution in [0.3, 0.4) is 0 Å². The van der Waals surface area contributed by atoms with Crippen LogP contribution < -0.4 is 20.1 Å². The van der Waals surface area contributed by atoms with Gasteiger partial charge >= 0.3 is 0 Å². The van der Waals surface area contributed by atoms with Gasteiger partial charge in [0.15, 0.2) is 5.11 Å². The summed E-state index contributed by atoms with van der Waals surface area (Å²) >= 11 is 5.68. The van der Waals surface area contributed by atoms with Crippen molar-refractivity contribution >= 4 is 50.5 Å². The van der Waals surface area contributed by atoms with Gasteiger partial charge < -0.3 is 15.0 Å². The van der Waals surface area contributed by atoms with Crippen molar-refractivity contribution in [2.45, 2.75) is 23.8 Å². The van der Waals surface area contributed by atoms with Gasteiger partial charge in [0.05, 0.1) is 24.1 Å². The van der Waals surface area contributed by atoms with Crippen LogP contribution in [-0.2, 0) is 26.0 Å². The number of para-hydroxylation sites is 1. The Morgan fingerprint density at radius 3 is 2.27 bits per heavy atom. The molecule has 0 aromatic heterocycles. The number of amides is 2. The minimum absolute atomic E-state index is 0.0199. The second-order valence-electron chi connectivity index (χ2n) is 8.42. The van der Waals surface area contributed by atoms with E-state index in [-0.39, 0.29) is 23.1 Å². The number of hydrogen-bond donors (Lipinski definition) is 2. The van der Waals surface area contributed by atoms with Crippen molar-refractivity contribution in [3.05, 3.63) is 84.4 Å². The number of sulfonamides is 1. The third-order valence-corrected chi connectivity index (χ3v) is 7.33. The summed E-state index contributed by atoms with van der Waals surface area (Å²) in [6, 6.07) is 21.4. The molecule has 9 nitrogen and oxygen atoms in total. The summed E-state index contributed by atoms with van der Waals surface area (Å²) in [6.07, 6.45) is 0.371. The fourth-order valence-electron chi connectivity index (χ4n) is 4.06. The van der Waals surface area contributed by atoms with E-state index in [1.165, 1.54) is 17.0 Å². The van der Waals surface area contributed by atoms with Crippen LogP contribution in [0.4, 0.5) is 11.4 Å². The van der Waals surface area contributed by atoms with Crippen molar-refractivity contribution < 1.29 is 22.7 Å². The molecule has 1 atom stereocenters. The van der Waals surface area contributed by atoms with Crippen LogP contribution in [0.25, 0.3) is 0 Å². The van der Waals surface area contributed by atoms with Crippen LogP contribution in [0, 0.1) is 0 Å². The van der Waals surface area contributed by atoms with Gasteiger partial charge in [-0.2, -0.15) is 0 Å². The molecule has 0 aliphatic carbocycles. The Labute approximate surface area is 220 Å². The summed E-state index contributed by atoms with van der Waals surface area (Å²) in [7, 11) is -2.23. The number of nitrogens with one attached hydrogen (secondary N) is 1. The van der Waals surface area contributed by atoms with E-state index in [0.717, 1.165) is 5.56 Å². The quantitative estimate of drug-likeness (QED) is 0.402. The molecule has 0 unspecified atom stereocenters. The van der Waals surface area contributed by atoms with E-state index in [0.29, 0.717) is 35.2 Å². The van der Waals surface area contributed by atoms with Crippen LogP contribution in [0.15, 0.2) is 83.8 Å². The van der Waals surface area contributed by atoms with Gasteiger partial charge in [-0.3, -0.25) is 14.5 Å². The Morgan fingerprint density at radius 2 is 1.68 bits per heavy atom. The molecule has 1 heterocycles. The molecule has 0 bridgehead atoms. The Bertz CT molecular complexity index is 1400. The first-order valence-corrected chi connectivity index (χ1v) is 13.4. The zero-order chi connectivity index (χ0) is 26.6. The van der Waals surface area contributed by atoms with Gasteiger partial charge in [0, 0.05) is 12.2 Å². The van der Waals surface area contributed by atoms with E-state index in [1.54, 1.807) is 60.5 Å². The molecule has 0 spiro atoms. The van der Waals surface area contributed by atoms with Crippen molar-refractivity contribution in [3.63, 3.8) is 0 Å². The number of anilines is 2. The second-order valence-corrected chi connectivity index (χ2v) is 10.3. The molecule has 4 rings (SSSR count). The lowest BCUT2D eigenvalue weighted by atomic mass is 10.1. The monoisotopic (exact) mass is 538 g/mol. The summed E-state index contributed by atoms with van der Waals surface area (Å²) < 4.78 is 28.2. The van der Waals surface area contributed by atoms with Gasteiger partial charge in [-0.25, -0.2) is 13.6 Å². The molecule has 2 amide bonds. The first-order valence-electron chi connectivity index (χ1n) is 11.4. The van der Waals surface area contributed by atoms with E-state index >= 15 is 0 Å². The predicted octanol–water partition coefficient (Wildman–Crippen LogP) is 2.92. The smallest absolute Gasteiger partial charge is 0.256 e. The summed E-state index contributed by atoms with van der Waals surface area (Å²) in [6.45, 7) is 0.350. The van der Waals surface area contributed by atoms with Crippen molar-refractivity contribution in [3.8, 4) is 5.75 Å². The number of thiocarbonyl (C=S) groups is 1. The summed E-state index contributed by atoms with van der Waals surface area (Å²) in [5.74, 6) is 0.0467. The molecule has 3 aromatic carbocycles. The summed E-state index contributed by atoms with van der Waals surface area (Å²) in [5.41, 5.74) is 2.04.